The Bertz CT molecular complexity index is 164. The molecule has 12 heavy (non-hydrogen) atoms. The third-order valence-electron chi connectivity index (χ3n) is 2.31. The lowest BCUT2D eigenvalue weighted by atomic mass is 9.86. The van der Waals surface area contributed by atoms with Gasteiger partial charge in [0.2, 0.25) is 0 Å². The molecule has 0 radical (unpaired) electrons. The molecule has 1 rings (SSSR count). The van der Waals surface area contributed by atoms with Crippen LogP contribution in [0.1, 0.15) is 32.6 Å². The standard InChI is InChI=1S/C9H16N2O/c1-2-12-11-9-6-4-3-5-8(9)7-10/h8-9,11H,2-6H2,1H3. The molecular weight excluding hydrogens is 152 g/mol. The molecule has 0 spiro atoms. The van der Waals surface area contributed by atoms with Gasteiger partial charge in [0.15, 0.2) is 0 Å². The van der Waals surface area contributed by atoms with Gasteiger partial charge in [0.1, 0.15) is 0 Å². The average molecular weight is 168 g/mol. The third kappa shape index (κ3) is 2.47. The molecule has 3 heteroatoms. The summed E-state index contributed by atoms with van der Waals surface area (Å²) in [5, 5.41) is 8.82. The predicted molar refractivity (Wildman–Crippen MR) is 46.1 cm³/mol. The Hall–Kier alpha value is -0.590. The topological polar surface area (TPSA) is 45.0 Å². The summed E-state index contributed by atoms with van der Waals surface area (Å²) in [4.78, 5) is 5.10. The molecule has 2 unspecified atom stereocenters. The van der Waals surface area contributed by atoms with E-state index in [2.05, 4.69) is 11.5 Å². The fourth-order valence-corrected chi connectivity index (χ4v) is 1.62. The minimum Gasteiger partial charge on any atom is -0.302 e. The highest BCUT2D eigenvalue weighted by Gasteiger charge is 2.24. The SMILES string of the molecule is CCONC1CCCCC1C#N. The van der Waals surface area contributed by atoms with Gasteiger partial charge in [0.05, 0.1) is 18.6 Å². The van der Waals surface area contributed by atoms with Crippen molar-refractivity contribution in [3.8, 4) is 6.07 Å². The Morgan fingerprint density at radius 3 is 2.92 bits per heavy atom. The lowest BCUT2D eigenvalue weighted by Gasteiger charge is -2.26. The van der Waals surface area contributed by atoms with E-state index in [4.69, 9.17) is 10.1 Å². The van der Waals surface area contributed by atoms with Crippen LogP contribution in [0, 0.1) is 17.2 Å². The maximum absolute atomic E-state index is 8.82. The van der Waals surface area contributed by atoms with Crippen LogP contribution >= 0.6 is 0 Å². The van der Waals surface area contributed by atoms with Gasteiger partial charge in [-0.15, -0.1) is 0 Å². The number of rotatable bonds is 3. The van der Waals surface area contributed by atoms with Crippen LogP contribution in [-0.2, 0) is 4.84 Å². The lowest BCUT2D eigenvalue weighted by molar-refractivity contribution is 0.00584. The Labute approximate surface area is 73.7 Å². The number of nitrogens with zero attached hydrogens (tertiary/aromatic N) is 1. The highest BCUT2D eigenvalue weighted by Crippen LogP contribution is 2.23. The van der Waals surface area contributed by atoms with Crippen LogP contribution in [0.25, 0.3) is 0 Å². The zero-order valence-corrected chi connectivity index (χ0v) is 7.55. The number of nitrogens with one attached hydrogen (secondary N) is 1. The van der Waals surface area contributed by atoms with Crippen LogP contribution in [0.5, 0.6) is 0 Å². The van der Waals surface area contributed by atoms with Crippen LogP contribution in [-0.4, -0.2) is 12.6 Å². The summed E-state index contributed by atoms with van der Waals surface area (Å²) in [5.74, 6) is 0.144. The maximum Gasteiger partial charge on any atom is 0.0673 e. The van der Waals surface area contributed by atoms with E-state index < -0.39 is 0 Å². The summed E-state index contributed by atoms with van der Waals surface area (Å²) < 4.78 is 0. The van der Waals surface area contributed by atoms with Gasteiger partial charge < -0.3 is 4.84 Å². The molecule has 1 aliphatic rings. The first-order chi connectivity index (χ1) is 5.88. The van der Waals surface area contributed by atoms with Gasteiger partial charge in [0.25, 0.3) is 0 Å². The molecule has 0 heterocycles. The van der Waals surface area contributed by atoms with Crippen LogP contribution in [0.4, 0.5) is 0 Å². The van der Waals surface area contributed by atoms with Crippen LogP contribution in [0.2, 0.25) is 0 Å². The molecule has 3 nitrogen and oxygen atoms in total. The van der Waals surface area contributed by atoms with Gasteiger partial charge in [-0.25, -0.2) is 0 Å². The quantitative estimate of drug-likeness (QED) is 0.651. The van der Waals surface area contributed by atoms with Gasteiger partial charge in [0, 0.05) is 6.04 Å². The molecule has 68 valence electrons. The number of hydrogen-bond donors (Lipinski definition) is 1. The molecule has 0 bridgehead atoms. The van der Waals surface area contributed by atoms with Crippen LogP contribution in [0.3, 0.4) is 0 Å². The fourth-order valence-electron chi connectivity index (χ4n) is 1.62. The summed E-state index contributed by atoms with van der Waals surface area (Å²) in [7, 11) is 0. The number of hydrogen-bond acceptors (Lipinski definition) is 3. The van der Waals surface area contributed by atoms with Crippen LogP contribution < -0.4 is 5.48 Å². The van der Waals surface area contributed by atoms with Gasteiger partial charge in [-0.1, -0.05) is 12.8 Å². The highest BCUT2D eigenvalue weighted by molar-refractivity contribution is 4.93. The molecule has 0 aromatic rings. The predicted octanol–water partition coefficient (Wildman–Crippen LogP) is 1.61. The summed E-state index contributed by atoms with van der Waals surface area (Å²) >= 11 is 0. The Kier molecular flexibility index (Phi) is 4.06. The second kappa shape index (κ2) is 5.13. The zero-order valence-electron chi connectivity index (χ0n) is 7.55. The largest absolute Gasteiger partial charge is 0.302 e. The monoisotopic (exact) mass is 168 g/mol. The lowest BCUT2D eigenvalue weighted by Crippen LogP contribution is -2.37. The van der Waals surface area contributed by atoms with Crippen molar-refractivity contribution in [3.63, 3.8) is 0 Å². The van der Waals surface area contributed by atoms with E-state index >= 15 is 0 Å². The van der Waals surface area contributed by atoms with Crippen molar-refractivity contribution in [2.45, 2.75) is 38.6 Å². The first-order valence-corrected chi connectivity index (χ1v) is 4.65. The smallest absolute Gasteiger partial charge is 0.0673 e. The van der Waals surface area contributed by atoms with E-state index in [0.717, 1.165) is 12.8 Å². The third-order valence-corrected chi connectivity index (χ3v) is 2.31. The minimum atomic E-state index is 0.144. The molecule has 1 aliphatic carbocycles. The van der Waals surface area contributed by atoms with E-state index in [-0.39, 0.29) is 12.0 Å². The number of hydroxylamine groups is 1. The molecule has 0 saturated heterocycles. The van der Waals surface area contributed by atoms with Gasteiger partial charge in [-0.2, -0.15) is 10.7 Å². The van der Waals surface area contributed by atoms with Crippen LogP contribution in [0.15, 0.2) is 0 Å². The van der Waals surface area contributed by atoms with Gasteiger partial charge >= 0.3 is 0 Å². The van der Waals surface area contributed by atoms with E-state index in [9.17, 15) is 0 Å². The molecule has 1 fully saturated rings. The summed E-state index contributed by atoms with van der Waals surface area (Å²) in [6, 6.07) is 2.57. The summed E-state index contributed by atoms with van der Waals surface area (Å²) in [6.07, 6.45) is 4.48. The molecular formula is C9H16N2O. The van der Waals surface area contributed by atoms with Gasteiger partial charge in [-0.3, -0.25) is 0 Å². The molecule has 1 saturated carbocycles. The Morgan fingerprint density at radius 2 is 2.25 bits per heavy atom. The number of nitriles is 1. The fraction of sp³-hybridized carbons (Fsp3) is 0.889. The normalized spacial score (nSPS) is 29.7. The van der Waals surface area contributed by atoms with Crippen molar-refractivity contribution >= 4 is 0 Å². The van der Waals surface area contributed by atoms with Crippen molar-refractivity contribution < 1.29 is 4.84 Å². The second-order valence-electron chi connectivity index (χ2n) is 3.18. The van der Waals surface area contributed by atoms with E-state index in [1.807, 2.05) is 6.92 Å². The zero-order chi connectivity index (χ0) is 8.81. The second-order valence-corrected chi connectivity index (χ2v) is 3.18. The van der Waals surface area contributed by atoms with Crippen molar-refractivity contribution in [1.82, 2.24) is 5.48 Å². The first-order valence-electron chi connectivity index (χ1n) is 4.65. The summed E-state index contributed by atoms with van der Waals surface area (Å²) in [6.45, 7) is 2.60. The van der Waals surface area contributed by atoms with Crippen molar-refractivity contribution in [2.24, 2.45) is 5.92 Å². The first kappa shape index (κ1) is 9.50. The summed E-state index contributed by atoms with van der Waals surface area (Å²) in [5.41, 5.74) is 2.95. The highest BCUT2D eigenvalue weighted by atomic mass is 16.6. The Balaban J connectivity index is 2.32. The molecule has 0 amide bonds. The maximum atomic E-state index is 8.82. The van der Waals surface area contributed by atoms with E-state index in [0.29, 0.717) is 6.61 Å². The van der Waals surface area contributed by atoms with E-state index in [1.54, 1.807) is 0 Å². The minimum absolute atomic E-state index is 0.144. The molecule has 0 aliphatic heterocycles. The van der Waals surface area contributed by atoms with Crippen molar-refractivity contribution in [3.05, 3.63) is 0 Å². The van der Waals surface area contributed by atoms with E-state index in [1.165, 1.54) is 12.8 Å². The molecule has 2 atom stereocenters. The van der Waals surface area contributed by atoms with Gasteiger partial charge in [-0.05, 0) is 19.8 Å². The average Bonchev–Trinajstić information content (AvgIpc) is 2.15. The molecule has 1 N–H and O–H groups in total. The molecule has 0 aromatic heterocycles. The van der Waals surface area contributed by atoms with Crippen molar-refractivity contribution in [2.75, 3.05) is 6.61 Å². The molecule has 0 aromatic carbocycles. The Morgan fingerprint density at radius 1 is 1.50 bits per heavy atom. The van der Waals surface area contributed by atoms with Crippen molar-refractivity contribution in [1.29, 1.82) is 5.26 Å².